The van der Waals surface area contributed by atoms with E-state index in [1.807, 2.05) is 36.4 Å². The number of benzene rings is 2. The first-order valence-corrected chi connectivity index (χ1v) is 9.80. The Kier molecular flexibility index (Phi) is 7.08. The van der Waals surface area contributed by atoms with Crippen LogP contribution in [0.25, 0.3) is 0 Å². The number of ether oxygens (including phenoxy) is 1. The van der Waals surface area contributed by atoms with Crippen molar-refractivity contribution in [2.45, 2.75) is 0 Å². The van der Waals surface area contributed by atoms with E-state index in [0.29, 0.717) is 22.4 Å². The maximum absolute atomic E-state index is 12.3. The molecule has 1 heterocycles. The van der Waals surface area contributed by atoms with Crippen LogP contribution >= 0.6 is 23.8 Å². The smallest absolute Gasteiger partial charge is 0.238 e. The zero-order valence-corrected chi connectivity index (χ0v) is 17.2. The second-order valence-electron chi connectivity index (χ2n) is 6.45. The van der Waals surface area contributed by atoms with Crippen LogP contribution in [0.2, 0.25) is 5.02 Å². The molecule has 0 atom stereocenters. The molecule has 1 saturated heterocycles. The number of thiocarbonyl (C=S) groups is 1. The Labute approximate surface area is 175 Å². The van der Waals surface area contributed by atoms with Gasteiger partial charge in [0.15, 0.2) is 5.11 Å². The highest BCUT2D eigenvalue weighted by Crippen LogP contribution is 2.20. The van der Waals surface area contributed by atoms with Crippen LogP contribution in [0.5, 0.6) is 5.75 Å². The molecule has 28 heavy (non-hydrogen) atoms. The lowest BCUT2D eigenvalue weighted by Crippen LogP contribution is -2.51. The summed E-state index contributed by atoms with van der Waals surface area (Å²) in [4.78, 5) is 16.5. The largest absolute Gasteiger partial charge is 0.497 e. The number of hydrogen-bond acceptors (Lipinski definition) is 4. The van der Waals surface area contributed by atoms with Crippen LogP contribution in [0.4, 0.5) is 11.4 Å². The molecule has 0 aliphatic carbocycles. The number of methoxy groups -OCH3 is 1. The summed E-state index contributed by atoms with van der Waals surface area (Å²) in [5.74, 6) is 0.737. The van der Waals surface area contributed by atoms with Gasteiger partial charge >= 0.3 is 0 Å². The number of halogens is 1. The summed E-state index contributed by atoms with van der Waals surface area (Å²) in [5, 5.41) is 7.33. The molecule has 2 N–H and O–H groups in total. The monoisotopic (exact) mass is 418 g/mol. The quantitative estimate of drug-likeness (QED) is 0.726. The van der Waals surface area contributed by atoms with E-state index < -0.39 is 0 Å². The van der Waals surface area contributed by atoms with Crippen molar-refractivity contribution < 1.29 is 9.53 Å². The lowest BCUT2D eigenvalue weighted by atomic mass is 10.3. The van der Waals surface area contributed by atoms with E-state index in [4.69, 9.17) is 28.6 Å². The predicted molar refractivity (Wildman–Crippen MR) is 117 cm³/mol. The Bertz CT molecular complexity index is 823. The van der Waals surface area contributed by atoms with Gasteiger partial charge in [0.05, 0.1) is 24.4 Å². The van der Waals surface area contributed by atoms with Crippen LogP contribution in [-0.4, -0.2) is 60.7 Å². The van der Waals surface area contributed by atoms with Gasteiger partial charge in [-0.25, -0.2) is 0 Å². The van der Waals surface area contributed by atoms with Crippen molar-refractivity contribution in [1.29, 1.82) is 0 Å². The topological polar surface area (TPSA) is 56.8 Å². The standard InChI is InChI=1S/C20H23ClN4O2S/c1-27-16-8-6-15(7-9-16)22-20(28)25-12-10-24(11-13-25)14-19(26)23-18-5-3-2-4-17(18)21/h2-9H,10-14H2,1H3,(H,22,28)(H,23,26). The molecule has 2 aromatic carbocycles. The molecule has 0 bridgehead atoms. The molecule has 0 spiro atoms. The van der Waals surface area contributed by atoms with Crippen molar-refractivity contribution in [2.24, 2.45) is 0 Å². The molecule has 6 nitrogen and oxygen atoms in total. The summed E-state index contributed by atoms with van der Waals surface area (Å²) in [5.41, 5.74) is 1.56. The lowest BCUT2D eigenvalue weighted by Gasteiger charge is -2.35. The average Bonchev–Trinajstić information content (AvgIpc) is 2.71. The van der Waals surface area contributed by atoms with Crippen molar-refractivity contribution in [3.63, 3.8) is 0 Å². The first-order chi connectivity index (χ1) is 13.5. The SMILES string of the molecule is COc1ccc(NC(=S)N2CCN(CC(=O)Nc3ccccc3Cl)CC2)cc1. The van der Waals surface area contributed by atoms with Gasteiger partial charge in [0, 0.05) is 31.9 Å². The first-order valence-electron chi connectivity index (χ1n) is 9.02. The number of carbonyl (C=O) groups is 1. The van der Waals surface area contributed by atoms with Crippen molar-refractivity contribution >= 4 is 46.2 Å². The van der Waals surface area contributed by atoms with Crippen LogP contribution < -0.4 is 15.4 Å². The Morgan fingerprint density at radius 1 is 1.07 bits per heavy atom. The summed E-state index contributed by atoms with van der Waals surface area (Å²) < 4.78 is 5.16. The fourth-order valence-electron chi connectivity index (χ4n) is 2.94. The zero-order chi connectivity index (χ0) is 19.9. The minimum Gasteiger partial charge on any atom is -0.497 e. The Hall–Kier alpha value is -2.35. The molecule has 0 radical (unpaired) electrons. The summed E-state index contributed by atoms with van der Waals surface area (Å²) in [6, 6.07) is 14.9. The summed E-state index contributed by atoms with van der Waals surface area (Å²) >= 11 is 11.6. The minimum atomic E-state index is -0.0690. The van der Waals surface area contributed by atoms with Gasteiger partial charge < -0.3 is 20.3 Å². The molecule has 8 heteroatoms. The summed E-state index contributed by atoms with van der Waals surface area (Å²) in [6.07, 6.45) is 0. The summed E-state index contributed by atoms with van der Waals surface area (Å²) in [7, 11) is 1.64. The third-order valence-corrected chi connectivity index (χ3v) is 5.21. The number of nitrogens with one attached hydrogen (secondary N) is 2. The molecule has 1 amide bonds. The van der Waals surface area contributed by atoms with Crippen molar-refractivity contribution in [1.82, 2.24) is 9.80 Å². The minimum absolute atomic E-state index is 0.0690. The molecule has 2 aromatic rings. The van der Waals surface area contributed by atoms with Gasteiger partial charge in [0.1, 0.15) is 5.75 Å². The van der Waals surface area contributed by atoms with Gasteiger partial charge in [-0.05, 0) is 48.6 Å². The number of hydrogen-bond donors (Lipinski definition) is 2. The molecule has 148 valence electrons. The number of carbonyl (C=O) groups excluding carboxylic acids is 1. The number of rotatable bonds is 5. The second kappa shape index (κ2) is 9.73. The molecule has 0 aromatic heterocycles. The average molecular weight is 419 g/mol. The van der Waals surface area contributed by atoms with Crippen LogP contribution in [0, 0.1) is 0 Å². The van der Waals surface area contributed by atoms with E-state index in [2.05, 4.69) is 20.4 Å². The molecular formula is C20H23ClN4O2S. The lowest BCUT2D eigenvalue weighted by molar-refractivity contribution is -0.117. The fourth-order valence-corrected chi connectivity index (χ4v) is 3.42. The molecule has 1 aliphatic heterocycles. The van der Waals surface area contributed by atoms with Crippen LogP contribution in [0.15, 0.2) is 48.5 Å². The van der Waals surface area contributed by atoms with Crippen LogP contribution in [0.1, 0.15) is 0 Å². The number of amides is 1. The van der Waals surface area contributed by atoms with Gasteiger partial charge in [0.2, 0.25) is 5.91 Å². The Morgan fingerprint density at radius 3 is 2.39 bits per heavy atom. The Balaban J connectivity index is 1.44. The van der Waals surface area contributed by atoms with Crippen LogP contribution in [0.3, 0.4) is 0 Å². The van der Waals surface area contributed by atoms with Crippen molar-refractivity contribution in [2.75, 3.05) is 50.5 Å². The maximum Gasteiger partial charge on any atom is 0.238 e. The van der Waals surface area contributed by atoms with E-state index in [1.54, 1.807) is 19.2 Å². The van der Waals surface area contributed by atoms with E-state index in [0.717, 1.165) is 37.6 Å². The van der Waals surface area contributed by atoms with E-state index in [-0.39, 0.29) is 5.91 Å². The molecule has 0 unspecified atom stereocenters. The maximum atomic E-state index is 12.3. The second-order valence-corrected chi connectivity index (χ2v) is 7.24. The first kappa shape index (κ1) is 20.4. The number of anilines is 2. The van der Waals surface area contributed by atoms with Crippen molar-refractivity contribution in [3.05, 3.63) is 53.6 Å². The van der Waals surface area contributed by atoms with E-state index >= 15 is 0 Å². The van der Waals surface area contributed by atoms with Gasteiger partial charge in [-0.15, -0.1) is 0 Å². The number of piperazine rings is 1. The van der Waals surface area contributed by atoms with Gasteiger partial charge in [0.25, 0.3) is 0 Å². The zero-order valence-electron chi connectivity index (χ0n) is 15.7. The predicted octanol–water partition coefficient (Wildman–Crippen LogP) is 3.30. The van der Waals surface area contributed by atoms with Gasteiger partial charge in [-0.3, -0.25) is 9.69 Å². The van der Waals surface area contributed by atoms with Gasteiger partial charge in [-0.1, -0.05) is 23.7 Å². The normalized spacial score (nSPS) is 14.4. The summed E-state index contributed by atoms with van der Waals surface area (Å²) in [6.45, 7) is 3.39. The van der Waals surface area contributed by atoms with Crippen molar-refractivity contribution in [3.8, 4) is 5.75 Å². The van der Waals surface area contributed by atoms with E-state index in [9.17, 15) is 4.79 Å². The van der Waals surface area contributed by atoms with E-state index in [1.165, 1.54) is 0 Å². The fraction of sp³-hybridized carbons (Fsp3) is 0.300. The third-order valence-electron chi connectivity index (χ3n) is 4.52. The Morgan fingerprint density at radius 2 is 1.75 bits per heavy atom. The molecule has 3 rings (SSSR count). The highest BCUT2D eigenvalue weighted by molar-refractivity contribution is 7.80. The molecule has 1 aliphatic rings. The highest BCUT2D eigenvalue weighted by Gasteiger charge is 2.21. The third kappa shape index (κ3) is 5.58. The van der Waals surface area contributed by atoms with Gasteiger partial charge in [-0.2, -0.15) is 0 Å². The molecule has 0 saturated carbocycles. The molecular weight excluding hydrogens is 396 g/mol. The highest BCUT2D eigenvalue weighted by atomic mass is 35.5. The number of para-hydroxylation sites is 1. The van der Waals surface area contributed by atoms with Crippen LogP contribution in [-0.2, 0) is 4.79 Å². The number of nitrogens with zero attached hydrogens (tertiary/aromatic N) is 2. The molecule has 1 fully saturated rings.